The van der Waals surface area contributed by atoms with Gasteiger partial charge in [-0.15, -0.1) is 0 Å². The molecular weight excluding hydrogens is 338 g/mol. The van der Waals surface area contributed by atoms with Gasteiger partial charge in [-0.25, -0.2) is 8.78 Å². The Labute approximate surface area is 122 Å². The van der Waals surface area contributed by atoms with Crippen LogP contribution in [0.1, 0.15) is 21.5 Å². The van der Waals surface area contributed by atoms with Gasteiger partial charge in [-0.1, -0.05) is 39.7 Å². The first-order valence-electron chi connectivity index (χ1n) is 5.35. The smallest absolute Gasteiger partial charge is 0.198 e. The molecule has 1 nitrogen and oxygen atoms in total. The number of aryl methyl sites for hydroxylation is 1. The molecule has 0 amide bonds. The molecule has 5 heteroatoms. The van der Waals surface area contributed by atoms with Crippen LogP contribution in [0.25, 0.3) is 0 Å². The standard InChI is InChI=1S/C14H8BrClF2O/c1-7-2-3-8(4-10(7)16)14(19)13-11(17)5-9(15)6-12(13)18/h2-6H,1H3. The quantitative estimate of drug-likeness (QED) is 0.706. The normalized spacial score (nSPS) is 10.6. The van der Waals surface area contributed by atoms with E-state index >= 15 is 0 Å². The molecule has 0 saturated carbocycles. The molecule has 0 fully saturated rings. The summed E-state index contributed by atoms with van der Waals surface area (Å²) in [5, 5.41) is 0.378. The zero-order valence-electron chi connectivity index (χ0n) is 9.81. The van der Waals surface area contributed by atoms with Gasteiger partial charge >= 0.3 is 0 Å². The van der Waals surface area contributed by atoms with Gasteiger partial charge in [0.15, 0.2) is 5.78 Å². The number of rotatable bonds is 2. The molecule has 0 heterocycles. The molecule has 2 aromatic rings. The number of hydrogen-bond donors (Lipinski definition) is 0. The molecule has 19 heavy (non-hydrogen) atoms. The van der Waals surface area contributed by atoms with Gasteiger partial charge in [-0.05, 0) is 30.7 Å². The van der Waals surface area contributed by atoms with Crippen LogP contribution in [0.2, 0.25) is 5.02 Å². The fourth-order valence-corrected chi connectivity index (χ4v) is 2.22. The number of halogens is 4. The van der Waals surface area contributed by atoms with Crippen LogP contribution in [0.5, 0.6) is 0 Å². The third-order valence-corrected chi connectivity index (χ3v) is 3.53. The first kappa shape index (κ1) is 14.2. The lowest BCUT2D eigenvalue weighted by Gasteiger charge is -2.06. The molecule has 0 saturated heterocycles. The molecule has 0 unspecified atom stereocenters. The fourth-order valence-electron chi connectivity index (χ4n) is 1.64. The number of ketones is 1. The van der Waals surface area contributed by atoms with E-state index < -0.39 is 23.0 Å². The topological polar surface area (TPSA) is 17.1 Å². The maximum Gasteiger partial charge on any atom is 0.198 e. The summed E-state index contributed by atoms with van der Waals surface area (Å²) in [4.78, 5) is 12.1. The first-order valence-corrected chi connectivity index (χ1v) is 6.52. The first-order chi connectivity index (χ1) is 8.90. The van der Waals surface area contributed by atoms with Crippen molar-refractivity contribution in [2.45, 2.75) is 6.92 Å². The number of carbonyl (C=O) groups excluding carboxylic acids is 1. The molecule has 0 aliphatic rings. The van der Waals surface area contributed by atoms with Crippen molar-refractivity contribution in [2.75, 3.05) is 0 Å². The van der Waals surface area contributed by atoms with Crippen LogP contribution in [0, 0.1) is 18.6 Å². The summed E-state index contributed by atoms with van der Waals surface area (Å²) in [6, 6.07) is 6.62. The lowest BCUT2D eigenvalue weighted by atomic mass is 10.0. The largest absolute Gasteiger partial charge is 0.288 e. The number of hydrogen-bond acceptors (Lipinski definition) is 1. The Morgan fingerprint density at radius 3 is 2.26 bits per heavy atom. The predicted octanol–water partition coefficient (Wildman–Crippen LogP) is 4.92. The predicted molar refractivity (Wildman–Crippen MR) is 73.7 cm³/mol. The Morgan fingerprint density at radius 2 is 1.74 bits per heavy atom. The van der Waals surface area contributed by atoms with E-state index in [4.69, 9.17) is 11.6 Å². The van der Waals surface area contributed by atoms with Gasteiger partial charge in [-0.2, -0.15) is 0 Å². The average Bonchev–Trinajstić information content (AvgIpc) is 2.31. The van der Waals surface area contributed by atoms with Crippen molar-refractivity contribution in [3.8, 4) is 0 Å². The summed E-state index contributed by atoms with van der Waals surface area (Å²) in [6.45, 7) is 1.78. The molecule has 0 aliphatic heterocycles. The maximum absolute atomic E-state index is 13.7. The van der Waals surface area contributed by atoms with Crippen LogP contribution < -0.4 is 0 Å². The second kappa shape index (κ2) is 5.39. The van der Waals surface area contributed by atoms with Crippen molar-refractivity contribution in [3.05, 3.63) is 68.2 Å². The van der Waals surface area contributed by atoms with E-state index in [2.05, 4.69) is 15.9 Å². The molecule has 0 aliphatic carbocycles. The summed E-state index contributed by atoms with van der Waals surface area (Å²) in [5.74, 6) is -2.55. The molecule has 0 N–H and O–H groups in total. The molecule has 98 valence electrons. The van der Waals surface area contributed by atoms with Gasteiger partial charge in [0, 0.05) is 15.1 Å². The van der Waals surface area contributed by atoms with Gasteiger partial charge in [0.05, 0.1) is 5.56 Å². The Hall–Kier alpha value is -1.26. The van der Waals surface area contributed by atoms with Crippen molar-refractivity contribution in [1.82, 2.24) is 0 Å². The van der Waals surface area contributed by atoms with Gasteiger partial charge in [0.2, 0.25) is 0 Å². The maximum atomic E-state index is 13.7. The van der Waals surface area contributed by atoms with Crippen molar-refractivity contribution in [2.24, 2.45) is 0 Å². The van der Waals surface area contributed by atoms with E-state index in [1.807, 2.05) is 0 Å². The zero-order chi connectivity index (χ0) is 14.2. The molecule has 2 aromatic carbocycles. The van der Waals surface area contributed by atoms with E-state index in [0.29, 0.717) is 5.02 Å². The minimum atomic E-state index is -0.909. The number of carbonyl (C=O) groups is 1. The zero-order valence-corrected chi connectivity index (χ0v) is 12.1. The molecule has 0 atom stereocenters. The number of benzene rings is 2. The molecular formula is C14H8BrClF2O. The van der Waals surface area contributed by atoms with E-state index in [9.17, 15) is 13.6 Å². The summed E-state index contributed by atoms with van der Waals surface area (Å²) >= 11 is 8.86. The Morgan fingerprint density at radius 1 is 1.16 bits per heavy atom. The van der Waals surface area contributed by atoms with E-state index in [-0.39, 0.29) is 10.0 Å². The van der Waals surface area contributed by atoms with Crippen LogP contribution >= 0.6 is 27.5 Å². The van der Waals surface area contributed by atoms with Gasteiger partial charge in [0.25, 0.3) is 0 Å². The highest BCUT2D eigenvalue weighted by atomic mass is 79.9. The van der Waals surface area contributed by atoms with Crippen LogP contribution in [0.15, 0.2) is 34.8 Å². The summed E-state index contributed by atoms with van der Waals surface area (Å²) < 4.78 is 27.6. The van der Waals surface area contributed by atoms with Crippen LogP contribution in [0.4, 0.5) is 8.78 Å². The third-order valence-electron chi connectivity index (χ3n) is 2.67. The lowest BCUT2D eigenvalue weighted by molar-refractivity contribution is 0.103. The fraction of sp³-hybridized carbons (Fsp3) is 0.0714. The highest BCUT2D eigenvalue weighted by Crippen LogP contribution is 2.24. The van der Waals surface area contributed by atoms with Gasteiger partial charge in [0.1, 0.15) is 11.6 Å². The van der Waals surface area contributed by atoms with Crippen molar-refractivity contribution < 1.29 is 13.6 Å². The Kier molecular flexibility index (Phi) is 4.02. The molecule has 0 bridgehead atoms. The minimum absolute atomic E-state index is 0.149. The van der Waals surface area contributed by atoms with Crippen LogP contribution in [0.3, 0.4) is 0 Å². The van der Waals surface area contributed by atoms with E-state index in [1.54, 1.807) is 13.0 Å². The highest BCUT2D eigenvalue weighted by Gasteiger charge is 2.20. The monoisotopic (exact) mass is 344 g/mol. The third kappa shape index (κ3) is 2.85. The summed E-state index contributed by atoms with van der Waals surface area (Å²) in [5.41, 5.74) is 0.355. The Balaban J connectivity index is 2.53. The molecule has 0 spiro atoms. The van der Waals surface area contributed by atoms with Crippen molar-refractivity contribution in [3.63, 3.8) is 0 Å². The molecule has 0 aromatic heterocycles. The summed E-state index contributed by atoms with van der Waals surface area (Å²) in [7, 11) is 0. The second-order valence-corrected chi connectivity index (χ2v) is 5.36. The average molecular weight is 346 g/mol. The van der Waals surface area contributed by atoms with Gasteiger partial charge in [-0.3, -0.25) is 4.79 Å². The molecule has 2 rings (SSSR count). The van der Waals surface area contributed by atoms with Crippen molar-refractivity contribution >= 4 is 33.3 Å². The Bertz CT molecular complexity index is 647. The van der Waals surface area contributed by atoms with E-state index in [0.717, 1.165) is 17.7 Å². The van der Waals surface area contributed by atoms with Crippen LogP contribution in [-0.2, 0) is 0 Å². The van der Waals surface area contributed by atoms with Gasteiger partial charge < -0.3 is 0 Å². The van der Waals surface area contributed by atoms with Crippen molar-refractivity contribution in [1.29, 1.82) is 0 Å². The SMILES string of the molecule is Cc1ccc(C(=O)c2c(F)cc(Br)cc2F)cc1Cl. The molecule has 0 radical (unpaired) electrons. The minimum Gasteiger partial charge on any atom is -0.288 e. The lowest BCUT2D eigenvalue weighted by Crippen LogP contribution is -2.08. The van der Waals surface area contributed by atoms with E-state index in [1.165, 1.54) is 12.1 Å². The highest BCUT2D eigenvalue weighted by molar-refractivity contribution is 9.10. The summed E-state index contributed by atoms with van der Waals surface area (Å²) in [6.07, 6.45) is 0. The van der Waals surface area contributed by atoms with Crippen LogP contribution in [-0.4, -0.2) is 5.78 Å². The second-order valence-electron chi connectivity index (χ2n) is 4.04.